The lowest BCUT2D eigenvalue weighted by Crippen LogP contribution is -2.58. The molecule has 0 radical (unpaired) electrons. The number of esters is 1. The number of fused-ring (bicyclic) bond motifs is 4. The van der Waals surface area contributed by atoms with Crippen molar-refractivity contribution < 1.29 is 9.53 Å². The number of hydrogen-bond acceptors (Lipinski definition) is 3. The highest BCUT2D eigenvalue weighted by Crippen LogP contribution is 2.52. The van der Waals surface area contributed by atoms with Crippen molar-refractivity contribution in [1.82, 2.24) is 4.90 Å². The van der Waals surface area contributed by atoms with Gasteiger partial charge in [-0.15, -0.1) is 0 Å². The lowest BCUT2D eigenvalue weighted by Gasteiger charge is -2.56. The second-order valence-corrected chi connectivity index (χ2v) is 7.53. The van der Waals surface area contributed by atoms with Gasteiger partial charge in [0.25, 0.3) is 0 Å². The van der Waals surface area contributed by atoms with Gasteiger partial charge < -0.3 is 9.64 Å². The lowest BCUT2D eigenvalue weighted by atomic mass is 9.56. The molecule has 3 rings (SSSR count). The molecule has 1 aromatic carbocycles. The zero-order valence-electron chi connectivity index (χ0n) is 13.7. The number of nitrogens with zero attached hydrogens (tertiary/aromatic N) is 1. The van der Waals surface area contributed by atoms with Gasteiger partial charge in [-0.05, 0) is 55.1 Å². The minimum absolute atomic E-state index is 0.124. The SMILES string of the molecule is CC(=O)Oc1ccc2c(c1)C1(C)CCN(C)C(C1)C2(C)C. The summed E-state index contributed by atoms with van der Waals surface area (Å²) >= 11 is 0. The number of carbonyl (C=O) groups is 1. The molecule has 21 heavy (non-hydrogen) atoms. The highest BCUT2D eigenvalue weighted by Gasteiger charge is 2.50. The van der Waals surface area contributed by atoms with Crippen LogP contribution in [0.1, 0.15) is 51.7 Å². The molecule has 0 N–H and O–H groups in total. The number of rotatable bonds is 1. The third-order valence-corrected chi connectivity index (χ3v) is 5.62. The summed E-state index contributed by atoms with van der Waals surface area (Å²) in [6, 6.07) is 6.77. The van der Waals surface area contributed by atoms with E-state index in [1.807, 2.05) is 6.07 Å². The Morgan fingerprint density at radius 3 is 2.67 bits per heavy atom. The van der Waals surface area contributed by atoms with E-state index in [1.54, 1.807) is 0 Å². The molecule has 114 valence electrons. The van der Waals surface area contributed by atoms with E-state index in [0.717, 1.165) is 13.0 Å². The Kier molecular flexibility index (Phi) is 3.17. The van der Waals surface area contributed by atoms with E-state index < -0.39 is 0 Å². The number of likely N-dealkylation sites (tertiary alicyclic amines) is 1. The Balaban J connectivity index is 2.13. The van der Waals surface area contributed by atoms with Crippen molar-refractivity contribution in [1.29, 1.82) is 0 Å². The van der Waals surface area contributed by atoms with Gasteiger partial charge in [0, 0.05) is 18.4 Å². The van der Waals surface area contributed by atoms with Crippen LogP contribution >= 0.6 is 0 Å². The summed E-state index contributed by atoms with van der Waals surface area (Å²) in [7, 11) is 2.24. The summed E-state index contributed by atoms with van der Waals surface area (Å²) in [5.41, 5.74) is 3.09. The van der Waals surface area contributed by atoms with Gasteiger partial charge in [-0.25, -0.2) is 0 Å². The molecule has 0 aromatic heterocycles. The molecule has 1 aliphatic heterocycles. The Morgan fingerprint density at radius 2 is 2.00 bits per heavy atom. The molecule has 3 nitrogen and oxygen atoms in total. The van der Waals surface area contributed by atoms with Crippen LogP contribution in [0.2, 0.25) is 0 Å². The van der Waals surface area contributed by atoms with Gasteiger partial charge in [-0.1, -0.05) is 26.8 Å². The van der Waals surface area contributed by atoms with Crippen LogP contribution in [0, 0.1) is 0 Å². The van der Waals surface area contributed by atoms with Crippen LogP contribution in [0.15, 0.2) is 18.2 Å². The number of benzene rings is 1. The number of ether oxygens (including phenoxy) is 1. The monoisotopic (exact) mass is 287 g/mol. The predicted molar refractivity (Wildman–Crippen MR) is 83.8 cm³/mol. The van der Waals surface area contributed by atoms with Crippen molar-refractivity contribution in [2.75, 3.05) is 13.6 Å². The molecule has 1 aliphatic carbocycles. The molecule has 2 bridgehead atoms. The van der Waals surface area contributed by atoms with Gasteiger partial charge >= 0.3 is 5.97 Å². The van der Waals surface area contributed by atoms with Crippen LogP contribution in [0.5, 0.6) is 5.75 Å². The van der Waals surface area contributed by atoms with Crippen LogP contribution < -0.4 is 4.74 Å². The van der Waals surface area contributed by atoms with Crippen molar-refractivity contribution in [3.63, 3.8) is 0 Å². The smallest absolute Gasteiger partial charge is 0.308 e. The van der Waals surface area contributed by atoms with E-state index in [9.17, 15) is 4.79 Å². The maximum Gasteiger partial charge on any atom is 0.308 e. The van der Waals surface area contributed by atoms with Crippen LogP contribution in [0.3, 0.4) is 0 Å². The first-order valence-electron chi connectivity index (χ1n) is 7.78. The minimum Gasteiger partial charge on any atom is -0.427 e. The Bertz CT molecular complexity index is 593. The molecule has 1 heterocycles. The van der Waals surface area contributed by atoms with Crippen molar-refractivity contribution >= 4 is 5.97 Å². The molecule has 3 heteroatoms. The fraction of sp³-hybridized carbons (Fsp3) is 0.611. The Labute approximate surface area is 127 Å². The summed E-state index contributed by atoms with van der Waals surface area (Å²) in [5.74, 6) is 0.423. The van der Waals surface area contributed by atoms with Gasteiger partial charge in [0.1, 0.15) is 5.75 Å². The molecule has 1 aromatic rings. The first kappa shape index (κ1) is 14.6. The number of carbonyl (C=O) groups excluding carboxylic acids is 1. The average molecular weight is 287 g/mol. The second-order valence-electron chi connectivity index (χ2n) is 7.53. The third-order valence-electron chi connectivity index (χ3n) is 5.62. The molecule has 2 aliphatic rings. The van der Waals surface area contributed by atoms with Crippen molar-refractivity contribution in [2.45, 2.75) is 57.4 Å². The zero-order chi connectivity index (χ0) is 15.4. The summed E-state index contributed by atoms with van der Waals surface area (Å²) in [6.45, 7) is 9.62. The van der Waals surface area contributed by atoms with E-state index in [1.165, 1.54) is 24.5 Å². The number of hydrogen-bond donors (Lipinski definition) is 0. The van der Waals surface area contributed by atoms with Crippen LogP contribution in [-0.2, 0) is 15.6 Å². The summed E-state index contributed by atoms with van der Waals surface area (Å²) in [5, 5.41) is 0. The van der Waals surface area contributed by atoms with Crippen LogP contribution in [-0.4, -0.2) is 30.5 Å². The van der Waals surface area contributed by atoms with E-state index in [4.69, 9.17) is 4.74 Å². The van der Waals surface area contributed by atoms with E-state index in [-0.39, 0.29) is 16.8 Å². The number of likely N-dealkylation sites (N-methyl/N-ethyl adjacent to an activating group) is 1. The Morgan fingerprint density at radius 1 is 1.29 bits per heavy atom. The molecule has 0 spiro atoms. The first-order valence-corrected chi connectivity index (χ1v) is 7.78. The van der Waals surface area contributed by atoms with E-state index in [2.05, 4.69) is 44.9 Å². The van der Waals surface area contributed by atoms with Crippen LogP contribution in [0.4, 0.5) is 0 Å². The van der Waals surface area contributed by atoms with Gasteiger partial charge in [-0.3, -0.25) is 4.79 Å². The topological polar surface area (TPSA) is 29.5 Å². The number of piperidine rings is 1. The molecular formula is C18H25NO2. The molecule has 2 unspecified atom stereocenters. The van der Waals surface area contributed by atoms with Crippen molar-refractivity contribution in [2.24, 2.45) is 0 Å². The third kappa shape index (κ3) is 2.18. The first-order chi connectivity index (χ1) is 9.74. The lowest BCUT2D eigenvalue weighted by molar-refractivity contribution is -0.131. The predicted octanol–water partition coefficient (Wildman–Crippen LogP) is 3.26. The summed E-state index contributed by atoms with van der Waals surface area (Å²) < 4.78 is 5.30. The highest BCUT2D eigenvalue weighted by atomic mass is 16.5. The fourth-order valence-corrected chi connectivity index (χ4v) is 4.31. The quantitative estimate of drug-likeness (QED) is 0.586. The van der Waals surface area contributed by atoms with Gasteiger partial charge in [0.2, 0.25) is 0 Å². The maximum atomic E-state index is 11.2. The molecule has 1 fully saturated rings. The van der Waals surface area contributed by atoms with Crippen LogP contribution in [0.25, 0.3) is 0 Å². The normalized spacial score (nSPS) is 30.6. The highest BCUT2D eigenvalue weighted by molar-refractivity contribution is 5.69. The van der Waals surface area contributed by atoms with Gasteiger partial charge in [-0.2, -0.15) is 0 Å². The Hall–Kier alpha value is -1.35. The van der Waals surface area contributed by atoms with Gasteiger partial charge in [0.05, 0.1) is 0 Å². The largest absolute Gasteiger partial charge is 0.427 e. The summed E-state index contributed by atoms with van der Waals surface area (Å²) in [4.78, 5) is 13.7. The molecule has 1 saturated heterocycles. The standard InChI is InChI=1S/C18H25NO2/c1-12(20)21-13-6-7-14-15(10-13)18(4)8-9-19(5)16(11-18)17(14,2)3/h6-7,10,16H,8-9,11H2,1-5H3. The maximum absolute atomic E-state index is 11.2. The fourth-order valence-electron chi connectivity index (χ4n) is 4.31. The minimum atomic E-state index is -0.253. The molecule has 0 amide bonds. The average Bonchev–Trinajstić information content (AvgIpc) is 2.40. The van der Waals surface area contributed by atoms with Crippen molar-refractivity contribution in [3.8, 4) is 5.75 Å². The van der Waals surface area contributed by atoms with E-state index in [0.29, 0.717) is 11.8 Å². The molecular weight excluding hydrogens is 262 g/mol. The second kappa shape index (κ2) is 4.57. The molecule has 0 saturated carbocycles. The van der Waals surface area contributed by atoms with E-state index >= 15 is 0 Å². The van der Waals surface area contributed by atoms with Gasteiger partial charge in [0.15, 0.2) is 0 Å². The van der Waals surface area contributed by atoms with Crippen molar-refractivity contribution in [3.05, 3.63) is 29.3 Å². The molecule has 2 atom stereocenters. The summed E-state index contributed by atoms with van der Waals surface area (Å²) in [6.07, 6.45) is 2.33. The zero-order valence-corrected chi connectivity index (χ0v) is 13.7.